The minimum Gasteiger partial charge on any atom is -0.374 e. The number of nitrogens with zero attached hydrogens (tertiary/aromatic N) is 1. The predicted molar refractivity (Wildman–Crippen MR) is 90.1 cm³/mol. The van der Waals surface area contributed by atoms with Gasteiger partial charge in [-0.25, -0.2) is 9.36 Å². The lowest BCUT2D eigenvalue weighted by molar-refractivity contribution is -0.0562. The van der Waals surface area contributed by atoms with Gasteiger partial charge in [0, 0.05) is 25.8 Å². The number of hydrogen-bond donors (Lipinski definition) is 4. The van der Waals surface area contributed by atoms with E-state index in [-0.39, 0.29) is 13.0 Å². The molecular weight excluding hydrogens is 414 g/mol. The quantitative estimate of drug-likeness (QED) is 0.323. The number of rotatable bonds is 8. The molecule has 5 atom stereocenters. The molecule has 0 aliphatic carbocycles. The SMILES string of the molecule is COC1C(O[P+](=O)S)C(CCOP(=O)(O)O)O[C@H]1n1ccc(=O)[nH]c1=O. The topological polar surface area (TPSA) is 166 Å². The molecule has 146 valence electrons. The fourth-order valence-electron chi connectivity index (χ4n) is 2.56. The van der Waals surface area contributed by atoms with E-state index in [1.807, 2.05) is 0 Å². The van der Waals surface area contributed by atoms with E-state index in [9.17, 15) is 18.7 Å². The van der Waals surface area contributed by atoms with Crippen LogP contribution in [-0.2, 0) is 27.7 Å². The Hall–Kier alpha value is -0.880. The summed E-state index contributed by atoms with van der Waals surface area (Å²) in [6.45, 7) is -0.387. The van der Waals surface area contributed by atoms with Crippen molar-refractivity contribution in [3.63, 3.8) is 0 Å². The summed E-state index contributed by atoms with van der Waals surface area (Å²) in [6, 6.07) is 1.11. The molecule has 0 bridgehead atoms. The van der Waals surface area contributed by atoms with Gasteiger partial charge in [-0.1, -0.05) is 0 Å². The van der Waals surface area contributed by atoms with Crippen LogP contribution in [0.4, 0.5) is 0 Å². The molecule has 12 nitrogen and oxygen atoms in total. The average Bonchev–Trinajstić information content (AvgIpc) is 2.83. The van der Waals surface area contributed by atoms with E-state index in [0.717, 1.165) is 10.6 Å². The molecular formula is C11H17N2O10P2S+. The normalized spacial score (nSPS) is 26.8. The van der Waals surface area contributed by atoms with E-state index in [1.165, 1.54) is 13.3 Å². The van der Waals surface area contributed by atoms with Gasteiger partial charge in [-0.2, -0.15) is 0 Å². The third-order valence-electron chi connectivity index (χ3n) is 3.56. The highest BCUT2D eigenvalue weighted by Crippen LogP contribution is 2.42. The van der Waals surface area contributed by atoms with Crippen LogP contribution < -0.4 is 11.2 Å². The smallest absolute Gasteiger partial charge is 0.374 e. The summed E-state index contributed by atoms with van der Waals surface area (Å²) in [4.78, 5) is 42.8. The van der Waals surface area contributed by atoms with Gasteiger partial charge in [-0.3, -0.25) is 18.9 Å². The first-order chi connectivity index (χ1) is 12.1. The standard InChI is InChI=1S/C11H16N2O10P2S/c1-20-9-8(23-24(16)26)6(3-5-21-25(17,18)19)22-10(9)13-4-2-7(14)12-11(13)15/h2,4,6,8-10H,3,5H2,1H3,(H3-,12,14,15,16,17,18,19,26)/p+1/t6?,8?,9?,10-/m1/s1. The van der Waals surface area contributed by atoms with Gasteiger partial charge in [0.1, 0.15) is 18.4 Å². The molecule has 0 saturated carbocycles. The first kappa shape index (κ1) is 21.4. The van der Waals surface area contributed by atoms with Crippen molar-refractivity contribution in [3.8, 4) is 0 Å². The number of ether oxygens (including phenoxy) is 2. The van der Waals surface area contributed by atoms with E-state index in [4.69, 9.17) is 23.8 Å². The maximum atomic E-state index is 12.0. The Labute approximate surface area is 152 Å². The van der Waals surface area contributed by atoms with Crippen molar-refractivity contribution in [2.24, 2.45) is 0 Å². The number of phosphoric acid groups is 1. The van der Waals surface area contributed by atoms with Crippen molar-refractivity contribution in [2.75, 3.05) is 13.7 Å². The number of H-pyrrole nitrogens is 1. The van der Waals surface area contributed by atoms with Crippen LogP contribution in [0.2, 0.25) is 0 Å². The van der Waals surface area contributed by atoms with Crippen molar-refractivity contribution in [3.05, 3.63) is 33.1 Å². The molecule has 3 N–H and O–H groups in total. The Morgan fingerprint density at radius 1 is 1.42 bits per heavy atom. The van der Waals surface area contributed by atoms with Crippen LogP contribution in [0, 0.1) is 0 Å². The molecule has 0 amide bonds. The number of hydrogen-bond acceptors (Lipinski definition) is 8. The summed E-state index contributed by atoms with van der Waals surface area (Å²) in [7, 11) is -5.72. The largest absolute Gasteiger partial charge is 0.582 e. The molecule has 0 spiro atoms. The Bertz CT molecular complexity index is 807. The second-order valence-electron chi connectivity index (χ2n) is 5.20. The van der Waals surface area contributed by atoms with Crippen molar-refractivity contribution in [2.45, 2.75) is 31.0 Å². The first-order valence-corrected chi connectivity index (χ1v) is 11.0. The van der Waals surface area contributed by atoms with Crippen LogP contribution in [-0.4, -0.2) is 51.4 Å². The fraction of sp³-hybridized carbons (Fsp3) is 0.636. The van der Waals surface area contributed by atoms with Gasteiger partial charge in [0.05, 0.1) is 12.7 Å². The molecule has 26 heavy (non-hydrogen) atoms. The molecule has 15 heteroatoms. The Balaban J connectivity index is 2.26. The molecule has 1 fully saturated rings. The summed E-state index contributed by atoms with van der Waals surface area (Å²) >= 11 is 3.68. The lowest BCUT2D eigenvalue weighted by Gasteiger charge is -2.19. The monoisotopic (exact) mass is 431 g/mol. The molecule has 4 unspecified atom stereocenters. The second kappa shape index (κ2) is 8.87. The lowest BCUT2D eigenvalue weighted by atomic mass is 10.1. The van der Waals surface area contributed by atoms with Crippen LogP contribution >= 0.6 is 27.3 Å². The third kappa shape index (κ3) is 5.56. The Kier molecular flexibility index (Phi) is 7.31. The van der Waals surface area contributed by atoms with Crippen LogP contribution in [0.1, 0.15) is 12.6 Å². The van der Waals surface area contributed by atoms with E-state index >= 15 is 0 Å². The van der Waals surface area contributed by atoms with Gasteiger partial charge < -0.3 is 19.3 Å². The van der Waals surface area contributed by atoms with Gasteiger partial charge in [0.25, 0.3) is 5.56 Å². The molecule has 1 aliphatic rings. The zero-order valence-corrected chi connectivity index (χ0v) is 16.0. The van der Waals surface area contributed by atoms with Gasteiger partial charge >= 0.3 is 20.7 Å². The number of aromatic amines is 1. The van der Waals surface area contributed by atoms with Crippen molar-refractivity contribution in [1.82, 2.24) is 9.55 Å². The van der Waals surface area contributed by atoms with Gasteiger partial charge in [-0.15, -0.1) is 4.52 Å². The number of methoxy groups -OCH3 is 1. The molecule has 1 saturated heterocycles. The summed E-state index contributed by atoms with van der Waals surface area (Å²) in [5.41, 5.74) is -1.36. The summed E-state index contributed by atoms with van der Waals surface area (Å²) < 4.78 is 43.8. The summed E-state index contributed by atoms with van der Waals surface area (Å²) in [6.07, 6.45) is -2.65. The average molecular weight is 431 g/mol. The van der Waals surface area contributed by atoms with Crippen molar-refractivity contribution in [1.29, 1.82) is 0 Å². The Morgan fingerprint density at radius 2 is 2.12 bits per heavy atom. The number of phosphoric ester groups is 1. The second-order valence-corrected chi connectivity index (χ2v) is 8.11. The zero-order chi connectivity index (χ0) is 19.5. The van der Waals surface area contributed by atoms with Crippen LogP contribution in [0.3, 0.4) is 0 Å². The van der Waals surface area contributed by atoms with Crippen LogP contribution in [0.5, 0.6) is 0 Å². The number of aromatic nitrogens is 2. The molecule has 2 heterocycles. The molecule has 0 radical (unpaired) electrons. The van der Waals surface area contributed by atoms with E-state index in [0.29, 0.717) is 0 Å². The maximum Gasteiger partial charge on any atom is 0.582 e. The molecule has 1 aromatic heterocycles. The van der Waals surface area contributed by atoms with Crippen LogP contribution in [0.15, 0.2) is 21.9 Å². The van der Waals surface area contributed by atoms with Gasteiger partial charge in [0.2, 0.25) is 0 Å². The fourth-order valence-corrected chi connectivity index (χ4v) is 3.70. The van der Waals surface area contributed by atoms with Crippen molar-refractivity contribution < 1.29 is 37.4 Å². The minimum atomic E-state index is -4.67. The molecule has 2 rings (SSSR count). The number of nitrogens with one attached hydrogen (secondary N) is 1. The number of thiol groups is 1. The molecule has 1 aliphatic heterocycles. The summed E-state index contributed by atoms with van der Waals surface area (Å²) in [5, 5.41) is 0. The van der Waals surface area contributed by atoms with Crippen LogP contribution in [0.25, 0.3) is 0 Å². The van der Waals surface area contributed by atoms with Gasteiger partial charge in [-0.05, 0) is 4.57 Å². The zero-order valence-electron chi connectivity index (χ0n) is 13.3. The Morgan fingerprint density at radius 3 is 2.65 bits per heavy atom. The highest BCUT2D eigenvalue weighted by molar-refractivity contribution is 8.39. The van der Waals surface area contributed by atoms with Gasteiger partial charge in [0.15, 0.2) is 12.3 Å². The van der Waals surface area contributed by atoms with E-state index in [1.54, 1.807) is 0 Å². The van der Waals surface area contributed by atoms with Crippen molar-refractivity contribution >= 4 is 27.3 Å². The van der Waals surface area contributed by atoms with E-state index < -0.39 is 50.8 Å². The highest BCUT2D eigenvalue weighted by Gasteiger charge is 2.50. The predicted octanol–water partition coefficient (Wildman–Crippen LogP) is -0.0792. The minimum absolute atomic E-state index is 0.0544. The third-order valence-corrected chi connectivity index (χ3v) is 4.78. The molecule has 0 aromatic carbocycles. The molecule has 1 aromatic rings. The summed E-state index contributed by atoms with van der Waals surface area (Å²) in [5.74, 6) is 0. The first-order valence-electron chi connectivity index (χ1n) is 7.15. The van der Waals surface area contributed by atoms with E-state index in [2.05, 4.69) is 21.8 Å². The maximum absolute atomic E-state index is 12.0. The lowest BCUT2D eigenvalue weighted by Crippen LogP contribution is -2.39. The highest BCUT2D eigenvalue weighted by atomic mass is 32.7.